The van der Waals surface area contributed by atoms with Crippen LogP contribution < -0.4 is 0 Å². The Hall–Kier alpha value is -1.85. The molecule has 0 aliphatic rings. The first-order chi connectivity index (χ1) is 13.0. The van der Waals surface area contributed by atoms with Gasteiger partial charge in [0.2, 0.25) is 11.8 Å². The summed E-state index contributed by atoms with van der Waals surface area (Å²) in [5.74, 6) is -0.378. The van der Waals surface area contributed by atoms with Crippen molar-refractivity contribution in [3.8, 4) is 0 Å². The number of carbonyl (C=O) groups excluding carboxylic acids is 2. The van der Waals surface area contributed by atoms with E-state index in [2.05, 4.69) is 13.0 Å². The van der Waals surface area contributed by atoms with Crippen molar-refractivity contribution in [3.63, 3.8) is 0 Å². The van der Waals surface area contributed by atoms with Crippen molar-refractivity contribution < 1.29 is 9.59 Å². The lowest BCUT2D eigenvalue weighted by molar-refractivity contribution is -0.141. The molecule has 27 heavy (non-hydrogen) atoms. The van der Waals surface area contributed by atoms with Gasteiger partial charge in [-0.2, -0.15) is 0 Å². The van der Waals surface area contributed by atoms with Crippen LogP contribution in [-0.4, -0.2) is 40.1 Å². The van der Waals surface area contributed by atoms with Crippen LogP contribution in [0, 0.1) is 6.92 Å². The van der Waals surface area contributed by atoms with Crippen molar-refractivity contribution in [2.75, 3.05) is 12.4 Å². The Kier molecular flexibility index (Phi) is 8.32. The molecule has 2 rings (SSSR count). The van der Waals surface area contributed by atoms with Crippen LogP contribution in [0.25, 0.3) is 0 Å². The number of rotatable bonds is 9. The molecule has 0 saturated carbocycles. The zero-order valence-corrected chi connectivity index (χ0v) is 17.7. The molecular weight excluding hydrogens is 380 g/mol. The zero-order chi connectivity index (χ0) is 19.8. The highest BCUT2D eigenvalue weighted by atomic mass is 35.5. The standard InChI is InChI=1S/C21H27ClN2O2S/c1-4-17(3)24(20(25)12-22)15-21(26)23(13-18-8-6-5-7-9-18)14-19-16(2)10-11-27-19/h5-11,17H,4,12-15H2,1-3H3/t17-/m1/s1. The van der Waals surface area contributed by atoms with Gasteiger partial charge < -0.3 is 9.80 Å². The zero-order valence-electron chi connectivity index (χ0n) is 16.2. The van der Waals surface area contributed by atoms with E-state index >= 15 is 0 Å². The first-order valence-electron chi connectivity index (χ1n) is 9.16. The predicted octanol–water partition coefficient (Wildman–Crippen LogP) is 4.45. The highest BCUT2D eigenvalue weighted by molar-refractivity contribution is 7.10. The van der Waals surface area contributed by atoms with Crippen molar-refractivity contribution in [2.45, 2.75) is 46.3 Å². The van der Waals surface area contributed by atoms with Gasteiger partial charge in [-0.3, -0.25) is 9.59 Å². The maximum absolute atomic E-state index is 13.1. The molecule has 0 N–H and O–H groups in total. The fraction of sp³-hybridized carbons (Fsp3) is 0.429. The number of amides is 2. The number of aryl methyl sites for hydroxylation is 1. The molecular formula is C21H27ClN2O2S. The number of nitrogens with zero attached hydrogens (tertiary/aromatic N) is 2. The largest absolute Gasteiger partial charge is 0.332 e. The second-order valence-corrected chi connectivity index (χ2v) is 7.94. The van der Waals surface area contributed by atoms with E-state index in [9.17, 15) is 9.59 Å². The molecule has 0 radical (unpaired) electrons. The number of hydrogen-bond donors (Lipinski definition) is 0. The van der Waals surface area contributed by atoms with Crippen LogP contribution in [0.1, 0.15) is 36.3 Å². The molecule has 0 unspecified atom stereocenters. The molecule has 2 amide bonds. The van der Waals surface area contributed by atoms with Crippen LogP contribution in [-0.2, 0) is 22.7 Å². The topological polar surface area (TPSA) is 40.6 Å². The number of halogens is 1. The summed E-state index contributed by atoms with van der Waals surface area (Å²) < 4.78 is 0. The molecule has 4 nitrogen and oxygen atoms in total. The molecule has 0 aliphatic heterocycles. The quantitative estimate of drug-likeness (QED) is 0.577. The van der Waals surface area contributed by atoms with Gasteiger partial charge in [0.25, 0.3) is 0 Å². The van der Waals surface area contributed by atoms with Gasteiger partial charge in [-0.15, -0.1) is 22.9 Å². The smallest absolute Gasteiger partial charge is 0.242 e. The number of benzene rings is 1. The van der Waals surface area contributed by atoms with Gasteiger partial charge in [0.1, 0.15) is 12.4 Å². The highest BCUT2D eigenvalue weighted by Gasteiger charge is 2.24. The van der Waals surface area contributed by atoms with Crippen molar-refractivity contribution in [2.24, 2.45) is 0 Å². The maximum atomic E-state index is 13.1. The third-order valence-electron chi connectivity index (χ3n) is 4.73. The van der Waals surface area contributed by atoms with Gasteiger partial charge in [0, 0.05) is 17.5 Å². The highest BCUT2D eigenvalue weighted by Crippen LogP contribution is 2.20. The first-order valence-corrected chi connectivity index (χ1v) is 10.6. The Labute approximate surface area is 170 Å². The molecule has 1 heterocycles. The minimum atomic E-state index is -0.202. The van der Waals surface area contributed by atoms with Crippen molar-refractivity contribution in [1.29, 1.82) is 0 Å². The molecule has 0 spiro atoms. The average molecular weight is 407 g/mol. The molecule has 0 fully saturated rings. The van der Waals surface area contributed by atoms with Crippen molar-refractivity contribution in [3.05, 3.63) is 57.8 Å². The number of hydrogen-bond acceptors (Lipinski definition) is 3. The lowest BCUT2D eigenvalue weighted by Gasteiger charge is -2.31. The normalized spacial score (nSPS) is 11.9. The monoisotopic (exact) mass is 406 g/mol. The molecule has 1 atom stereocenters. The summed E-state index contributed by atoms with van der Waals surface area (Å²) in [6.45, 7) is 7.11. The Bertz CT molecular complexity index is 748. The summed E-state index contributed by atoms with van der Waals surface area (Å²) >= 11 is 7.41. The molecule has 0 aliphatic carbocycles. The second kappa shape index (κ2) is 10.5. The van der Waals surface area contributed by atoms with Crippen LogP contribution in [0.2, 0.25) is 0 Å². The van der Waals surface area contributed by atoms with E-state index in [0.717, 1.165) is 16.9 Å². The van der Waals surface area contributed by atoms with Crippen LogP contribution in [0.4, 0.5) is 0 Å². The Balaban J connectivity index is 2.21. The predicted molar refractivity (Wildman–Crippen MR) is 112 cm³/mol. The van der Waals surface area contributed by atoms with E-state index in [1.165, 1.54) is 5.56 Å². The van der Waals surface area contributed by atoms with Gasteiger partial charge in [-0.05, 0) is 42.8 Å². The molecule has 0 bridgehead atoms. The fourth-order valence-corrected chi connectivity index (χ4v) is 3.88. The van der Waals surface area contributed by atoms with E-state index < -0.39 is 0 Å². The van der Waals surface area contributed by atoms with Gasteiger partial charge in [0.05, 0.1) is 6.54 Å². The molecule has 0 saturated heterocycles. The van der Waals surface area contributed by atoms with Crippen LogP contribution in [0.15, 0.2) is 41.8 Å². The SMILES string of the molecule is CC[C@@H](C)N(CC(=O)N(Cc1ccccc1)Cc1sccc1C)C(=O)CCl. The van der Waals surface area contributed by atoms with Gasteiger partial charge >= 0.3 is 0 Å². The third kappa shape index (κ3) is 6.08. The molecule has 1 aromatic carbocycles. The summed E-state index contributed by atoms with van der Waals surface area (Å²) in [6.07, 6.45) is 0.776. The lowest BCUT2D eigenvalue weighted by Crippen LogP contribution is -2.46. The molecule has 1 aromatic heterocycles. The average Bonchev–Trinajstić information content (AvgIpc) is 3.09. The number of alkyl halides is 1. The fourth-order valence-electron chi connectivity index (χ4n) is 2.81. The Morgan fingerprint density at radius 1 is 1.11 bits per heavy atom. The minimum Gasteiger partial charge on any atom is -0.332 e. The summed E-state index contributed by atoms with van der Waals surface area (Å²) in [4.78, 5) is 29.9. The van der Waals surface area contributed by atoms with E-state index in [4.69, 9.17) is 11.6 Å². The minimum absolute atomic E-state index is 0.0257. The first kappa shape index (κ1) is 21.5. The lowest BCUT2D eigenvalue weighted by atomic mass is 10.2. The maximum Gasteiger partial charge on any atom is 0.242 e. The molecule has 6 heteroatoms. The van der Waals surface area contributed by atoms with Crippen molar-refractivity contribution in [1.82, 2.24) is 9.80 Å². The van der Waals surface area contributed by atoms with Crippen LogP contribution >= 0.6 is 22.9 Å². The van der Waals surface area contributed by atoms with Crippen LogP contribution in [0.5, 0.6) is 0 Å². The summed E-state index contributed by atoms with van der Waals surface area (Å²) in [5.41, 5.74) is 2.25. The summed E-state index contributed by atoms with van der Waals surface area (Å²) in [7, 11) is 0. The Morgan fingerprint density at radius 3 is 2.37 bits per heavy atom. The number of carbonyl (C=O) groups is 2. The van der Waals surface area contributed by atoms with Gasteiger partial charge in [0.15, 0.2) is 0 Å². The van der Waals surface area contributed by atoms with Gasteiger partial charge in [-0.25, -0.2) is 0 Å². The van der Waals surface area contributed by atoms with Crippen LogP contribution in [0.3, 0.4) is 0 Å². The number of thiophene rings is 1. The van der Waals surface area contributed by atoms with Gasteiger partial charge in [-0.1, -0.05) is 37.3 Å². The van der Waals surface area contributed by atoms with E-state index in [1.54, 1.807) is 16.2 Å². The summed E-state index contributed by atoms with van der Waals surface area (Å²) in [6, 6.07) is 12.0. The van der Waals surface area contributed by atoms with E-state index in [1.807, 2.05) is 54.5 Å². The second-order valence-electron chi connectivity index (χ2n) is 6.67. The van der Waals surface area contributed by atoms with E-state index in [-0.39, 0.29) is 30.3 Å². The Morgan fingerprint density at radius 2 is 1.81 bits per heavy atom. The van der Waals surface area contributed by atoms with Crippen molar-refractivity contribution >= 4 is 34.8 Å². The summed E-state index contributed by atoms with van der Waals surface area (Å²) in [5, 5.41) is 2.04. The molecule has 2 aromatic rings. The third-order valence-corrected chi connectivity index (χ3v) is 5.97. The molecule has 146 valence electrons. The van der Waals surface area contributed by atoms with E-state index in [0.29, 0.717) is 13.1 Å².